The Bertz CT molecular complexity index is 588. The van der Waals surface area contributed by atoms with Gasteiger partial charge in [-0.1, -0.05) is 60.1 Å². The van der Waals surface area contributed by atoms with Crippen LogP contribution in [0.15, 0.2) is 60.7 Å². The molecule has 0 spiro atoms. The number of ketones is 1. The van der Waals surface area contributed by atoms with Crippen molar-refractivity contribution in [3.63, 3.8) is 0 Å². The van der Waals surface area contributed by atoms with E-state index in [2.05, 4.69) is 0 Å². The maximum atomic E-state index is 11.8. The lowest BCUT2D eigenvalue weighted by Gasteiger charge is -2.08. The Morgan fingerprint density at radius 1 is 1.10 bits per heavy atom. The number of aliphatic hydroxyl groups excluding tert-OH is 1. The van der Waals surface area contributed by atoms with E-state index < -0.39 is 6.10 Å². The highest BCUT2D eigenvalue weighted by Gasteiger charge is 2.10. The highest BCUT2D eigenvalue weighted by atomic mass is 35.5. The Morgan fingerprint density at radius 3 is 2.40 bits per heavy atom. The molecule has 0 aliphatic rings. The number of hydrogen-bond donors (Lipinski definition) is 1. The maximum Gasteiger partial charge on any atom is 0.158 e. The molecule has 0 amide bonds. The lowest BCUT2D eigenvalue weighted by molar-refractivity contribution is -0.116. The third-order valence-electron chi connectivity index (χ3n) is 2.91. The zero-order chi connectivity index (χ0) is 14.4. The number of allylic oxidation sites excluding steroid dienone is 1. The van der Waals surface area contributed by atoms with Gasteiger partial charge >= 0.3 is 0 Å². The highest BCUT2D eigenvalue weighted by molar-refractivity contribution is 6.30. The minimum atomic E-state index is -0.765. The van der Waals surface area contributed by atoms with E-state index in [0.29, 0.717) is 5.02 Å². The van der Waals surface area contributed by atoms with E-state index in [1.807, 2.05) is 30.3 Å². The van der Waals surface area contributed by atoms with Gasteiger partial charge in [0.2, 0.25) is 0 Å². The van der Waals surface area contributed by atoms with Crippen molar-refractivity contribution < 1.29 is 9.90 Å². The van der Waals surface area contributed by atoms with E-state index in [9.17, 15) is 9.90 Å². The lowest BCUT2D eigenvalue weighted by Crippen LogP contribution is -2.03. The minimum Gasteiger partial charge on any atom is -0.388 e. The molecule has 0 bridgehead atoms. The number of hydrogen-bond acceptors (Lipinski definition) is 2. The highest BCUT2D eigenvalue weighted by Crippen LogP contribution is 2.17. The van der Waals surface area contributed by atoms with Crippen LogP contribution < -0.4 is 0 Å². The molecule has 102 valence electrons. The van der Waals surface area contributed by atoms with Gasteiger partial charge in [-0.25, -0.2) is 0 Å². The molecule has 2 aromatic carbocycles. The minimum absolute atomic E-state index is 0.0775. The lowest BCUT2D eigenvalue weighted by atomic mass is 10.0. The molecule has 0 aliphatic heterocycles. The third kappa shape index (κ3) is 4.34. The normalized spacial score (nSPS) is 12.5. The quantitative estimate of drug-likeness (QED) is 0.842. The van der Waals surface area contributed by atoms with Crippen molar-refractivity contribution >= 4 is 23.5 Å². The fraction of sp³-hybridized carbons (Fsp3) is 0.118. The van der Waals surface area contributed by atoms with Crippen LogP contribution in [0.2, 0.25) is 5.02 Å². The van der Waals surface area contributed by atoms with Crippen LogP contribution >= 0.6 is 11.6 Å². The van der Waals surface area contributed by atoms with E-state index in [1.54, 1.807) is 30.3 Å². The molecule has 0 radical (unpaired) electrons. The second-order valence-corrected chi connectivity index (χ2v) is 4.92. The van der Waals surface area contributed by atoms with E-state index in [4.69, 9.17) is 11.6 Å². The standard InChI is InChI=1S/C17H15ClO2/c18-15-9-6-13(7-10-15)8-11-16(19)12-17(20)14-4-2-1-3-5-14/h1-11,17,20H,12H2/b11-8+. The van der Waals surface area contributed by atoms with Gasteiger partial charge in [0.05, 0.1) is 6.10 Å². The summed E-state index contributed by atoms with van der Waals surface area (Å²) in [6, 6.07) is 16.4. The molecule has 1 N–H and O–H groups in total. The predicted octanol–water partition coefficient (Wildman–Crippen LogP) is 4.05. The summed E-state index contributed by atoms with van der Waals surface area (Å²) in [6.45, 7) is 0. The molecule has 2 rings (SSSR count). The van der Waals surface area contributed by atoms with Crippen molar-refractivity contribution in [1.29, 1.82) is 0 Å². The topological polar surface area (TPSA) is 37.3 Å². The van der Waals surface area contributed by atoms with Crippen LogP contribution in [0.25, 0.3) is 6.08 Å². The molecule has 0 aromatic heterocycles. The van der Waals surface area contributed by atoms with Gasteiger partial charge in [-0.3, -0.25) is 4.79 Å². The first kappa shape index (κ1) is 14.5. The number of benzene rings is 2. The molecular weight excluding hydrogens is 272 g/mol. The molecule has 1 unspecified atom stereocenters. The van der Waals surface area contributed by atoms with Crippen molar-refractivity contribution in [2.24, 2.45) is 0 Å². The van der Waals surface area contributed by atoms with Crippen LogP contribution in [-0.4, -0.2) is 10.9 Å². The average Bonchev–Trinajstić information content (AvgIpc) is 2.47. The summed E-state index contributed by atoms with van der Waals surface area (Å²) < 4.78 is 0. The van der Waals surface area contributed by atoms with Gasteiger partial charge in [-0.05, 0) is 29.3 Å². The Balaban J connectivity index is 1.94. The first-order valence-corrected chi connectivity index (χ1v) is 6.72. The van der Waals surface area contributed by atoms with E-state index in [-0.39, 0.29) is 12.2 Å². The van der Waals surface area contributed by atoms with Crippen molar-refractivity contribution in [2.75, 3.05) is 0 Å². The molecule has 0 saturated heterocycles. The third-order valence-corrected chi connectivity index (χ3v) is 3.16. The second kappa shape index (κ2) is 7.04. The van der Waals surface area contributed by atoms with Crippen molar-refractivity contribution in [2.45, 2.75) is 12.5 Å². The first-order valence-electron chi connectivity index (χ1n) is 6.34. The summed E-state index contributed by atoms with van der Waals surface area (Å²) in [5.74, 6) is -0.115. The fourth-order valence-corrected chi connectivity index (χ4v) is 1.94. The van der Waals surface area contributed by atoms with Crippen LogP contribution in [0.5, 0.6) is 0 Å². The van der Waals surface area contributed by atoms with E-state index >= 15 is 0 Å². The summed E-state index contributed by atoms with van der Waals surface area (Å²) in [4.78, 5) is 11.8. The molecule has 1 atom stereocenters. The van der Waals surface area contributed by atoms with Crippen LogP contribution in [0.1, 0.15) is 23.7 Å². The summed E-state index contributed by atoms with van der Waals surface area (Å²) in [6.07, 6.45) is 2.51. The van der Waals surface area contributed by atoms with E-state index in [0.717, 1.165) is 11.1 Å². The first-order chi connectivity index (χ1) is 9.65. The van der Waals surface area contributed by atoms with Crippen molar-refractivity contribution in [1.82, 2.24) is 0 Å². The molecule has 20 heavy (non-hydrogen) atoms. The summed E-state index contributed by atoms with van der Waals surface area (Å²) in [5.41, 5.74) is 1.65. The Hall–Kier alpha value is -1.90. The second-order valence-electron chi connectivity index (χ2n) is 4.48. The number of halogens is 1. The number of carbonyl (C=O) groups is 1. The Morgan fingerprint density at radius 2 is 1.75 bits per heavy atom. The van der Waals surface area contributed by atoms with Gasteiger partial charge in [0.15, 0.2) is 5.78 Å². The molecular formula is C17H15ClO2. The SMILES string of the molecule is O=C(/C=C/c1ccc(Cl)cc1)CC(O)c1ccccc1. The van der Waals surface area contributed by atoms with Crippen LogP contribution in [0, 0.1) is 0 Å². The van der Waals surface area contributed by atoms with Gasteiger partial charge < -0.3 is 5.11 Å². The van der Waals surface area contributed by atoms with Crippen molar-refractivity contribution in [3.05, 3.63) is 76.8 Å². The number of rotatable bonds is 5. The smallest absolute Gasteiger partial charge is 0.158 e. The van der Waals surface area contributed by atoms with Crippen LogP contribution in [0.4, 0.5) is 0 Å². The Labute approximate surface area is 123 Å². The monoisotopic (exact) mass is 286 g/mol. The van der Waals surface area contributed by atoms with Crippen molar-refractivity contribution in [3.8, 4) is 0 Å². The average molecular weight is 287 g/mol. The predicted molar refractivity (Wildman–Crippen MR) is 81.5 cm³/mol. The van der Waals surface area contributed by atoms with Crippen LogP contribution in [-0.2, 0) is 4.79 Å². The van der Waals surface area contributed by atoms with Gasteiger partial charge in [0, 0.05) is 11.4 Å². The zero-order valence-electron chi connectivity index (χ0n) is 10.9. The largest absolute Gasteiger partial charge is 0.388 e. The molecule has 0 saturated carbocycles. The van der Waals surface area contributed by atoms with E-state index in [1.165, 1.54) is 6.08 Å². The van der Waals surface area contributed by atoms with Gasteiger partial charge in [0.1, 0.15) is 0 Å². The number of aliphatic hydroxyl groups is 1. The fourth-order valence-electron chi connectivity index (χ4n) is 1.81. The molecule has 2 aromatic rings. The maximum absolute atomic E-state index is 11.8. The molecule has 0 aliphatic carbocycles. The molecule has 2 nitrogen and oxygen atoms in total. The van der Waals surface area contributed by atoms with Gasteiger partial charge in [-0.15, -0.1) is 0 Å². The summed E-state index contributed by atoms with van der Waals surface area (Å²) in [7, 11) is 0. The Kier molecular flexibility index (Phi) is 5.10. The van der Waals surface area contributed by atoms with Crippen LogP contribution in [0.3, 0.4) is 0 Å². The summed E-state index contributed by atoms with van der Waals surface area (Å²) in [5, 5.41) is 10.6. The summed E-state index contributed by atoms with van der Waals surface area (Å²) >= 11 is 5.79. The molecule has 0 fully saturated rings. The molecule has 3 heteroatoms. The number of carbonyl (C=O) groups excluding carboxylic acids is 1. The molecule has 0 heterocycles. The van der Waals surface area contributed by atoms with Gasteiger partial charge in [0.25, 0.3) is 0 Å². The zero-order valence-corrected chi connectivity index (χ0v) is 11.6. The van der Waals surface area contributed by atoms with Gasteiger partial charge in [-0.2, -0.15) is 0 Å².